The molecule has 0 aromatic carbocycles. The number of unbranched alkanes of at least 4 members (excludes halogenated alkanes) is 1. The first-order chi connectivity index (χ1) is 15.2. The molecule has 0 bridgehead atoms. The Morgan fingerprint density at radius 1 is 1.03 bits per heavy atom. The minimum Gasteiger partial charge on any atom is -0.354 e. The van der Waals surface area contributed by atoms with E-state index in [1.807, 2.05) is 0 Å². The number of amides is 2. The van der Waals surface area contributed by atoms with E-state index in [-0.39, 0.29) is 24.3 Å². The normalized spacial score (nSPS) is 15.8. The van der Waals surface area contributed by atoms with Crippen LogP contribution in [0, 0.1) is 33.3 Å². The number of hydrazine groups is 1. The SMILES string of the molecule is CCCC[C@H](C(=O)N[C@@H](CCCNC(=N)N[N+](=O)[O-])C(=O)NCCC(C)C)C1CCCC1. The standard InChI is InChI=1S/C22H42N6O4/c1-4-5-11-18(17-9-6-7-10-17)20(29)26-19(21(30)24-15-13-16(2)3)12-8-14-25-22(23)27-28(31)32/h16-19H,4-15H2,1-3H3,(H,24,30)(H,26,29)(H3,23,25,27)/t18-,19-/m0/s1. The Labute approximate surface area is 191 Å². The van der Waals surface area contributed by atoms with Gasteiger partial charge in [0.05, 0.1) is 0 Å². The lowest BCUT2D eigenvalue weighted by Crippen LogP contribution is -2.50. The van der Waals surface area contributed by atoms with Crippen molar-refractivity contribution >= 4 is 17.8 Å². The van der Waals surface area contributed by atoms with Crippen molar-refractivity contribution in [1.29, 1.82) is 5.41 Å². The quantitative estimate of drug-likeness (QED) is 0.0844. The van der Waals surface area contributed by atoms with Crippen LogP contribution in [0.5, 0.6) is 0 Å². The molecule has 1 saturated carbocycles. The van der Waals surface area contributed by atoms with Gasteiger partial charge in [-0.25, -0.2) is 10.1 Å². The number of carbonyl (C=O) groups excluding carboxylic acids is 2. The van der Waals surface area contributed by atoms with Gasteiger partial charge in [0.25, 0.3) is 5.96 Å². The Bertz CT molecular complexity index is 607. The summed E-state index contributed by atoms with van der Waals surface area (Å²) in [7, 11) is 0. The lowest BCUT2D eigenvalue weighted by molar-refractivity contribution is -0.525. The van der Waals surface area contributed by atoms with Gasteiger partial charge in [-0.2, -0.15) is 0 Å². The second-order valence-corrected chi connectivity index (χ2v) is 9.14. The molecule has 1 aliphatic rings. The molecule has 1 fully saturated rings. The molecule has 2 amide bonds. The molecule has 0 heterocycles. The van der Waals surface area contributed by atoms with E-state index in [4.69, 9.17) is 5.41 Å². The van der Waals surface area contributed by atoms with Gasteiger partial charge >= 0.3 is 0 Å². The van der Waals surface area contributed by atoms with Crippen LogP contribution in [-0.2, 0) is 9.59 Å². The summed E-state index contributed by atoms with van der Waals surface area (Å²) in [5, 5.41) is 25.5. The predicted molar refractivity (Wildman–Crippen MR) is 124 cm³/mol. The zero-order valence-corrected chi connectivity index (χ0v) is 19.9. The molecule has 5 N–H and O–H groups in total. The highest BCUT2D eigenvalue weighted by Crippen LogP contribution is 2.34. The Kier molecular flexibility index (Phi) is 13.3. The van der Waals surface area contributed by atoms with Crippen molar-refractivity contribution in [1.82, 2.24) is 21.4 Å². The van der Waals surface area contributed by atoms with Gasteiger partial charge in [0.1, 0.15) is 6.04 Å². The summed E-state index contributed by atoms with van der Waals surface area (Å²) >= 11 is 0. The van der Waals surface area contributed by atoms with Crippen LogP contribution < -0.4 is 21.4 Å². The van der Waals surface area contributed by atoms with Crippen molar-refractivity contribution in [2.24, 2.45) is 17.8 Å². The molecular weight excluding hydrogens is 412 g/mol. The van der Waals surface area contributed by atoms with E-state index in [1.165, 1.54) is 0 Å². The lowest BCUT2D eigenvalue weighted by Gasteiger charge is -2.26. The van der Waals surface area contributed by atoms with Gasteiger partial charge in [0.2, 0.25) is 11.8 Å². The van der Waals surface area contributed by atoms with Crippen LogP contribution in [0.3, 0.4) is 0 Å². The van der Waals surface area contributed by atoms with Gasteiger partial charge in [0.15, 0.2) is 5.03 Å². The summed E-state index contributed by atoms with van der Waals surface area (Å²) in [6.07, 6.45) is 9.08. The minimum absolute atomic E-state index is 0.0370. The number of carbonyl (C=O) groups is 2. The van der Waals surface area contributed by atoms with E-state index in [2.05, 4.69) is 36.7 Å². The van der Waals surface area contributed by atoms with Crippen molar-refractivity contribution < 1.29 is 14.6 Å². The Balaban J connectivity index is 2.69. The van der Waals surface area contributed by atoms with Crippen LogP contribution in [0.15, 0.2) is 0 Å². The maximum Gasteiger partial charge on any atom is 0.251 e. The molecule has 32 heavy (non-hydrogen) atoms. The Morgan fingerprint density at radius 3 is 2.31 bits per heavy atom. The van der Waals surface area contributed by atoms with E-state index in [9.17, 15) is 19.7 Å². The van der Waals surface area contributed by atoms with Crippen molar-refractivity contribution in [3.63, 3.8) is 0 Å². The number of nitrogens with zero attached hydrogens (tertiary/aromatic N) is 1. The fourth-order valence-corrected chi connectivity index (χ4v) is 4.17. The lowest BCUT2D eigenvalue weighted by atomic mass is 9.85. The van der Waals surface area contributed by atoms with E-state index in [1.54, 1.807) is 5.43 Å². The monoisotopic (exact) mass is 454 g/mol. The van der Waals surface area contributed by atoms with Crippen molar-refractivity contribution in [3.05, 3.63) is 10.1 Å². The van der Waals surface area contributed by atoms with Crippen LogP contribution in [0.25, 0.3) is 0 Å². The van der Waals surface area contributed by atoms with Crippen LogP contribution in [-0.4, -0.2) is 41.9 Å². The average molecular weight is 455 g/mol. The second-order valence-electron chi connectivity index (χ2n) is 9.14. The maximum atomic E-state index is 13.2. The molecule has 0 aromatic heterocycles. The molecule has 0 spiro atoms. The average Bonchev–Trinajstić information content (AvgIpc) is 3.24. The summed E-state index contributed by atoms with van der Waals surface area (Å²) in [4.78, 5) is 36.3. The zero-order chi connectivity index (χ0) is 23.9. The smallest absolute Gasteiger partial charge is 0.251 e. The van der Waals surface area contributed by atoms with E-state index < -0.39 is 17.0 Å². The molecule has 184 valence electrons. The van der Waals surface area contributed by atoms with Gasteiger partial charge in [-0.3, -0.25) is 15.0 Å². The molecule has 10 heteroatoms. The topological polar surface area (TPSA) is 149 Å². The van der Waals surface area contributed by atoms with Crippen LogP contribution >= 0.6 is 0 Å². The summed E-state index contributed by atoms with van der Waals surface area (Å²) in [5.74, 6) is 0.162. The Hall–Kier alpha value is -2.39. The van der Waals surface area contributed by atoms with Gasteiger partial charge in [-0.1, -0.05) is 51.9 Å². The first-order valence-electron chi connectivity index (χ1n) is 12.1. The van der Waals surface area contributed by atoms with E-state index in [0.29, 0.717) is 31.2 Å². The number of hydrogen-bond donors (Lipinski definition) is 5. The highest BCUT2D eigenvalue weighted by Gasteiger charge is 2.32. The fourth-order valence-electron chi connectivity index (χ4n) is 4.17. The third-order valence-corrected chi connectivity index (χ3v) is 6.00. The molecule has 10 nitrogen and oxygen atoms in total. The fraction of sp³-hybridized carbons (Fsp3) is 0.864. The molecule has 0 aromatic rings. The van der Waals surface area contributed by atoms with Crippen molar-refractivity contribution in [2.75, 3.05) is 13.1 Å². The molecule has 1 rings (SSSR count). The molecule has 0 aliphatic heterocycles. The highest BCUT2D eigenvalue weighted by molar-refractivity contribution is 5.88. The molecule has 2 atom stereocenters. The van der Waals surface area contributed by atoms with Crippen LogP contribution in [0.4, 0.5) is 0 Å². The summed E-state index contributed by atoms with van der Waals surface area (Å²) in [6.45, 7) is 7.14. The van der Waals surface area contributed by atoms with Gasteiger partial charge < -0.3 is 16.0 Å². The second kappa shape index (κ2) is 15.4. The summed E-state index contributed by atoms with van der Waals surface area (Å²) < 4.78 is 0. The minimum atomic E-state index is -0.806. The number of guanidine groups is 1. The van der Waals surface area contributed by atoms with Gasteiger partial charge in [-0.05, 0) is 50.4 Å². The summed E-state index contributed by atoms with van der Waals surface area (Å²) in [5.41, 5.74) is 1.74. The third kappa shape index (κ3) is 11.3. The number of hydrogen-bond acceptors (Lipinski definition) is 5. The summed E-state index contributed by atoms with van der Waals surface area (Å²) in [6, 6.07) is -0.653. The molecule has 0 radical (unpaired) electrons. The Morgan fingerprint density at radius 2 is 1.72 bits per heavy atom. The number of rotatable bonds is 15. The number of nitro groups is 1. The molecular formula is C22H42N6O4. The molecule has 0 saturated heterocycles. The van der Waals surface area contributed by atoms with E-state index >= 15 is 0 Å². The number of nitrogens with one attached hydrogen (secondary N) is 5. The predicted octanol–water partition coefficient (Wildman–Crippen LogP) is 2.72. The van der Waals surface area contributed by atoms with E-state index in [0.717, 1.165) is 51.4 Å². The maximum absolute atomic E-state index is 13.2. The van der Waals surface area contributed by atoms with Crippen LogP contribution in [0.1, 0.15) is 85.0 Å². The van der Waals surface area contributed by atoms with Crippen molar-refractivity contribution in [2.45, 2.75) is 91.0 Å². The first-order valence-corrected chi connectivity index (χ1v) is 12.1. The molecule has 1 aliphatic carbocycles. The van der Waals surface area contributed by atoms with Crippen LogP contribution in [0.2, 0.25) is 0 Å². The first kappa shape index (κ1) is 27.6. The third-order valence-electron chi connectivity index (χ3n) is 6.00. The largest absolute Gasteiger partial charge is 0.354 e. The highest BCUT2D eigenvalue weighted by atomic mass is 16.7. The zero-order valence-electron chi connectivity index (χ0n) is 19.9. The van der Waals surface area contributed by atoms with Gasteiger partial charge in [0, 0.05) is 19.0 Å². The molecule has 0 unspecified atom stereocenters. The van der Waals surface area contributed by atoms with Crippen molar-refractivity contribution in [3.8, 4) is 0 Å². The van der Waals surface area contributed by atoms with Gasteiger partial charge in [-0.15, -0.1) is 0 Å².